The van der Waals surface area contributed by atoms with Gasteiger partial charge >= 0.3 is 0 Å². The van der Waals surface area contributed by atoms with Crippen LogP contribution >= 0.6 is 11.6 Å². The van der Waals surface area contributed by atoms with Crippen molar-refractivity contribution in [1.82, 2.24) is 0 Å². The zero-order valence-corrected chi connectivity index (χ0v) is 15.5. The summed E-state index contributed by atoms with van der Waals surface area (Å²) in [5.41, 5.74) is -5.75. The monoisotopic (exact) mass is 386 g/mol. The minimum atomic E-state index is -1.78. The summed E-state index contributed by atoms with van der Waals surface area (Å²) in [6, 6.07) is 4.80. The van der Waals surface area contributed by atoms with Crippen LogP contribution in [0.3, 0.4) is 0 Å². The summed E-state index contributed by atoms with van der Waals surface area (Å²) in [5, 5.41) is 0.283. The summed E-state index contributed by atoms with van der Waals surface area (Å²) in [4.78, 5) is 12.6. The number of carbonyl (C=O) groups is 1. The Kier molecular flexibility index (Phi) is 3.93. The number of alkyl halides is 3. The maximum atomic E-state index is 15.0. The molecule has 5 rings (SSSR count). The van der Waals surface area contributed by atoms with E-state index in [1.165, 1.54) is 7.11 Å². The summed E-state index contributed by atoms with van der Waals surface area (Å²) in [6.07, 6.45) is 0.247. The van der Waals surface area contributed by atoms with Crippen molar-refractivity contribution in [2.75, 3.05) is 7.11 Å². The maximum Gasteiger partial charge on any atom is 0.164 e. The van der Waals surface area contributed by atoms with Crippen LogP contribution < -0.4 is 4.74 Å². The molecule has 4 saturated carbocycles. The standard InChI is InChI=1S/C20H22ClF3O2/c1-26-13-2-3-14(15(21)6-13)16(25)4-5-17-7-18(22)10-19(23,8-17)12-20(24,9-17)11-18/h2-3,6H,4-5,7-12H2,1H3. The molecule has 142 valence electrons. The molecule has 0 unspecified atom stereocenters. The molecule has 4 fully saturated rings. The van der Waals surface area contributed by atoms with Crippen molar-refractivity contribution in [1.29, 1.82) is 0 Å². The molecule has 0 atom stereocenters. The fraction of sp³-hybridized carbons (Fsp3) is 0.650. The Balaban J connectivity index is 1.52. The van der Waals surface area contributed by atoms with E-state index in [0.717, 1.165) is 0 Å². The third-order valence-corrected chi connectivity index (χ3v) is 6.65. The molecule has 0 aromatic heterocycles. The highest BCUT2D eigenvalue weighted by Gasteiger charge is 2.70. The average molecular weight is 387 g/mol. The van der Waals surface area contributed by atoms with Gasteiger partial charge in [0.05, 0.1) is 12.1 Å². The van der Waals surface area contributed by atoms with Crippen LogP contribution in [0.1, 0.15) is 61.7 Å². The van der Waals surface area contributed by atoms with E-state index in [2.05, 4.69) is 0 Å². The minimum Gasteiger partial charge on any atom is -0.497 e. The van der Waals surface area contributed by atoms with Crippen molar-refractivity contribution >= 4 is 17.4 Å². The molecule has 0 saturated heterocycles. The van der Waals surface area contributed by atoms with Crippen molar-refractivity contribution < 1.29 is 22.7 Å². The van der Waals surface area contributed by atoms with Gasteiger partial charge in [0.25, 0.3) is 0 Å². The van der Waals surface area contributed by atoms with Gasteiger partial charge in [-0.1, -0.05) is 11.6 Å². The molecule has 2 nitrogen and oxygen atoms in total. The SMILES string of the molecule is COc1ccc(C(=O)CCC23CC4(F)CC(F)(CC(F)(C4)C2)C3)c(Cl)c1. The van der Waals surface area contributed by atoms with Gasteiger partial charge < -0.3 is 4.74 Å². The molecule has 0 N–H and O–H groups in total. The lowest BCUT2D eigenvalue weighted by Gasteiger charge is -2.63. The first-order valence-electron chi connectivity index (χ1n) is 9.01. The Morgan fingerprint density at radius 1 is 1.04 bits per heavy atom. The van der Waals surface area contributed by atoms with Crippen LogP contribution in [0.25, 0.3) is 0 Å². The molecular formula is C20H22ClF3O2. The van der Waals surface area contributed by atoms with E-state index in [-0.39, 0.29) is 62.2 Å². The highest BCUT2D eigenvalue weighted by atomic mass is 35.5. The predicted octanol–water partition coefficient (Wildman–Crippen LogP) is 5.80. The summed E-state index contributed by atoms with van der Waals surface area (Å²) < 4.78 is 50.1. The third kappa shape index (κ3) is 3.02. The van der Waals surface area contributed by atoms with Crippen molar-refractivity contribution in [3.8, 4) is 5.75 Å². The van der Waals surface area contributed by atoms with Crippen LogP contribution in [-0.2, 0) is 0 Å². The zero-order valence-electron chi connectivity index (χ0n) is 14.7. The van der Waals surface area contributed by atoms with Crippen LogP contribution in [0.4, 0.5) is 13.2 Å². The fourth-order valence-electron chi connectivity index (χ4n) is 6.10. The van der Waals surface area contributed by atoms with Gasteiger partial charge in [-0.25, -0.2) is 13.2 Å². The molecule has 4 bridgehead atoms. The number of benzene rings is 1. The molecule has 0 spiro atoms. The molecule has 26 heavy (non-hydrogen) atoms. The largest absolute Gasteiger partial charge is 0.497 e. The van der Waals surface area contributed by atoms with Gasteiger partial charge in [-0.05, 0) is 49.3 Å². The summed E-state index contributed by atoms with van der Waals surface area (Å²) in [6.45, 7) is 0. The second kappa shape index (κ2) is 5.63. The average Bonchev–Trinajstić information content (AvgIpc) is 2.48. The molecule has 0 radical (unpaired) electrons. The van der Waals surface area contributed by atoms with Gasteiger partial charge in [0.15, 0.2) is 5.78 Å². The molecule has 0 amide bonds. The number of Topliss-reactive ketones (excluding diaryl/α,β-unsaturated/α-hetero) is 1. The van der Waals surface area contributed by atoms with E-state index in [9.17, 15) is 4.79 Å². The van der Waals surface area contributed by atoms with Crippen molar-refractivity contribution in [3.05, 3.63) is 28.8 Å². The number of carbonyl (C=O) groups excluding carboxylic acids is 1. The Hall–Kier alpha value is -1.23. The lowest BCUT2D eigenvalue weighted by atomic mass is 9.45. The number of rotatable bonds is 5. The van der Waals surface area contributed by atoms with E-state index in [4.69, 9.17) is 16.3 Å². The fourth-order valence-corrected chi connectivity index (χ4v) is 6.37. The van der Waals surface area contributed by atoms with Crippen LogP contribution in [0.2, 0.25) is 5.02 Å². The quantitative estimate of drug-likeness (QED) is 0.597. The Labute approximate surface area is 156 Å². The second-order valence-corrected chi connectivity index (χ2v) is 9.19. The van der Waals surface area contributed by atoms with Crippen molar-refractivity contribution in [2.45, 2.75) is 68.4 Å². The summed E-state index contributed by atoms with van der Waals surface area (Å²) >= 11 is 6.14. The Bertz CT molecular complexity index is 712. The van der Waals surface area contributed by atoms with Gasteiger partial charge in [-0.15, -0.1) is 0 Å². The van der Waals surface area contributed by atoms with E-state index in [1.807, 2.05) is 0 Å². The van der Waals surface area contributed by atoms with Gasteiger partial charge in [-0.2, -0.15) is 0 Å². The van der Waals surface area contributed by atoms with E-state index in [0.29, 0.717) is 11.3 Å². The van der Waals surface area contributed by atoms with E-state index >= 15 is 13.2 Å². The molecule has 6 heteroatoms. The third-order valence-electron chi connectivity index (χ3n) is 6.34. The van der Waals surface area contributed by atoms with Gasteiger partial charge in [-0.3, -0.25) is 4.79 Å². The maximum absolute atomic E-state index is 15.0. The highest BCUT2D eigenvalue weighted by molar-refractivity contribution is 6.34. The lowest BCUT2D eigenvalue weighted by Crippen LogP contribution is -2.65. The molecular weight excluding hydrogens is 365 g/mol. The first kappa shape index (κ1) is 18.1. The predicted molar refractivity (Wildman–Crippen MR) is 93.2 cm³/mol. The minimum absolute atomic E-state index is 0.105. The van der Waals surface area contributed by atoms with Crippen LogP contribution in [0.5, 0.6) is 5.75 Å². The number of methoxy groups -OCH3 is 1. The van der Waals surface area contributed by atoms with Crippen molar-refractivity contribution in [3.63, 3.8) is 0 Å². The Morgan fingerprint density at radius 3 is 2.04 bits per heavy atom. The number of hydrogen-bond acceptors (Lipinski definition) is 2. The van der Waals surface area contributed by atoms with Crippen LogP contribution in [0.15, 0.2) is 18.2 Å². The van der Waals surface area contributed by atoms with Crippen LogP contribution in [-0.4, -0.2) is 29.9 Å². The van der Waals surface area contributed by atoms with E-state index in [1.54, 1.807) is 18.2 Å². The number of hydrogen-bond donors (Lipinski definition) is 0. The summed E-state index contributed by atoms with van der Waals surface area (Å²) in [7, 11) is 1.51. The van der Waals surface area contributed by atoms with Gasteiger partial charge in [0.2, 0.25) is 0 Å². The normalized spacial score (nSPS) is 40.7. The number of ketones is 1. The molecule has 1 aromatic carbocycles. The first-order chi connectivity index (χ1) is 12.1. The summed E-state index contributed by atoms with van der Waals surface area (Å²) in [5.74, 6) is 0.355. The highest BCUT2D eigenvalue weighted by Crippen LogP contribution is 2.69. The molecule has 1 aromatic rings. The second-order valence-electron chi connectivity index (χ2n) is 8.78. The molecule has 4 aliphatic carbocycles. The first-order valence-corrected chi connectivity index (χ1v) is 9.39. The molecule has 4 aliphatic rings. The molecule has 0 aliphatic heterocycles. The number of ether oxygens (including phenoxy) is 1. The van der Waals surface area contributed by atoms with Gasteiger partial charge in [0, 0.05) is 31.2 Å². The number of halogens is 4. The van der Waals surface area contributed by atoms with Crippen LogP contribution in [0, 0.1) is 5.41 Å². The van der Waals surface area contributed by atoms with Gasteiger partial charge in [0.1, 0.15) is 22.8 Å². The Morgan fingerprint density at radius 2 is 1.58 bits per heavy atom. The lowest BCUT2D eigenvalue weighted by molar-refractivity contribution is -0.217. The smallest absolute Gasteiger partial charge is 0.164 e. The zero-order chi connectivity index (χ0) is 18.8. The van der Waals surface area contributed by atoms with Crippen molar-refractivity contribution in [2.24, 2.45) is 5.41 Å². The topological polar surface area (TPSA) is 26.3 Å². The molecule has 0 heterocycles. The van der Waals surface area contributed by atoms with E-state index < -0.39 is 22.4 Å².